The van der Waals surface area contributed by atoms with Gasteiger partial charge in [-0.15, -0.1) is 0 Å². The summed E-state index contributed by atoms with van der Waals surface area (Å²) in [5, 5.41) is 3.29. The van der Waals surface area contributed by atoms with Crippen LogP contribution in [0.4, 0.5) is 4.39 Å². The van der Waals surface area contributed by atoms with E-state index in [1.165, 1.54) is 6.07 Å². The van der Waals surface area contributed by atoms with Crippen molar-refractivity contribution in [3.8, 4) is 0 Å². The number of benzene rings is 2. The highest BCUT2D eigenvalue weighted by Crippen LogP contribution is 2.44. The fourth-order valence-corrected chi connectivity index (χ4v) is 6.31. The van der Waals surface area contributed by atoms with E-state index in [9.17, 15) is 14.0 Å². The van der Waals surface area contributed by atoms with Gasteiger partial charge < -0.3 is 15.0 Å². The number of hydrogen-bond donors (Lipinski definition) is 1. The van der Waals surface area contributed by atoms with E-state index in [-0.39, 0.29) is 23.5 Å². The van der Waals surface area contributed by atoms with Crippen LogP contribution >= 0.6 is 0 Å². The topological polar surface area (TPSA) is 58.6 Å². The van der Waals surface area contributed by atoms with Crippen LogP contribution in [-0.4, -0.2) is 48.6 Å². The molecule has 0 bridgehead atoms. The summed E-state index contributed by atoms with van der Waals surface area (Å²) in [5.74, 6) is -0.326. The summed E-state index contributed by atoms with van der Waals surface area (Å²) in [5.41, 5.74) is 1.79. The minimum Gasteiger partial charge on any atom is -0.381 e. The van der Waals surface area contributed by atoms with E-state index >= 15 is 0 Å². The minimum atomic E-state index is -0.642. The number of carbonyl (C=O) groups excluding carboxylic acids is 2. The molecule has 1 N–H and O–H groups in total. The summed E-state index contributed by atoms with van der Waals surface area (Å²) in [6.07, 6.45) is 4.29. The number of amides is 2. The van der Waals surface area contributed by atoms with Gasteiger partial charge in [0.1, 0.15) is 5.82 Å². The maximum absolute atomic E-state index is 14.4. The second-order valence-electron chi connectivity index (χ2n) is 10.3. The fourth-order valence-electron chi connectivity index (χ4n) is 6.31. The van der Waals surface area contributed by atoms with Gasteiger partial charge >= 0.3 is 0 Å². The van der Waals surface area contributed by atoms with E-state index in [0.717, 1.165) is 36.0 Å². The largest absolute Gasteiger partial charge is 0.381 e. The van der Waals surface area contributed by atoms with Gasteiger partial charge in [-0.25, -0.2) is 4.39 Å². The third-order valence-corrected chi connectivity index (χ3v) is 8.07. The third-order valence-electron chi connectivity index (χ3n) is 8.07. The fraction of sp³-hybridized carbons (Fsp3) is 0.500. The van der Waals surface area contributed by atoms with E-state index in [1.807, 2.05) is 30.0 Å². The molecule has 2 aromatic rings. The Hall–Kier alpha value is -2.73. The molecular weight excluding hydrogens is 431 g/mol. The lowest BCUT2D eigenvalue weighted by Crippen LogP contribution is -2.54. The second-order valence-corrected chi connectivity index (χ2v) is 10.3. The molecule has 0 aromatic heterocycles. The lowest BCUT2D eigenvalue weighted by molar-refractivity contribution is -0.140. The van der Waals surface area contributed by atoms with Gasteiger partial charge in [-0.05, 0) is 55.9 Å². The number of carbonyl (C=O) groups is 2. The zero-order chi connectivity index (χ0) is 23.8. The van der Waals surface area contributed by atoms with Crippen LogP contribution in [0.2, 0.25) is 0 Å². The van der Waals surface area contributed by atoms with Crippen LogP contribution in [0.25, 0.3) is 0 Å². The molecule has 180 valence electrons. The van der Waals surface area contributed by atoms with E-state index in [0.29, 0.717) is 45.6 Å². The third kappa shape index (κ3) is 4.13. The lowest BCUT2D eigenvalue weighted by atomic mass is 9.72. The number of ether oxygens (including phenoxy) is 1. The van der Waals surface area contributed by atoms with Crippen molar-refractivity contribution in [2.45, 2.75) is 62.3 Å². The zero-order valence-electron chi connectivity index (χ0n) is 19.8. The Bertz CT molecular complexity index is 1080. The van der Waals surface area contributed by atoms with Crippen LogP contribution in [0, 0.1) is 12.7 Å². The monoisotopic (exact) mass is 464 g/mol. The quantitative estimate of drug-likeness (QED) is 0.739. The SMILES string of the molecule is Cc1cccc(C2(C(=O)N3C[C@@H](c4cccc(F)c4)[C@@]4(CCCCC(=O)N4)C3)CCOCC2)c1. The van der Waals surface area contributed by atoms with Gasteiger partial charge in [0.05, 0.1) is 11.0 Å². The molecule has 3 heterocycles. The first-order valence-electron chi connectivity index (χ1n) is 12.4. The Kier molecular flexibility index (Phi) is 6.19. The van der Waals surface area contributed by atoms with Gasteiger partial charge in [-0.1, -0.05) is 48.4 Å². The first-order valence-corrected chi connectivity index (χ1v) is 12.4. The summed E-state index contributed by atoms with van der Waals surface area (Å²) < 4.78 is 19.9. The average molecular weight is 465 g/mol. The Morgan fingerprint density at radius 2 is 1.88 bits per heavy atom. The molecule has 5 rings (SSSR count). The first-order chi connectivity index (χ1) is 16.4. The van der Waals surface area contributed by atoms with Gasteiger partial charge in [-0.2, -0.15) is 0 Å². The number of nitrogens with zero attached hydrogens (tertiary/aromatic N) is 1. The molecule has 2 amide bonds. The highest BCUT2D eigenvalue weighted by atomic mass is 19.1. The molecule has 0 saturated carbocycles. The van der Waals surface area contributed by atoms with Gasteiger partial charge in [0, 0.05) is 38.6 Å². The van der Waals surface area contributed by atoms with Crippen LogP contribution in [0.5, 0.6) is 0 Å². The van der Waals surface area contributed by atoms with Crippen LogP contribution in [0.1, 0.15) is 61.1 Å². The minimum absolute atomic E-state index is 0.0210. The highest BCUT2D eigenvalue weighted by molar-refractivity contribution is 5.89. The maximum atomic E-state index is 14.4. The second kappa shape index (κ2) is 9.14. The number of halogens is 1. The van der Waals surface area contributed by atoms with Crippen molar-refractivity contribution < 1.29 is 18.7 Å². The van der Waals surface area contributed by atoms with Crippen LogP contribution in [-0.2, 0) is 19.7 Å². The molecule has 3 aliphatic rings. The Morgan fingerprint density at radius 3 is 2.65 bits per heavy atom. The molecule has 2 atom stereocenters. The first kappa shape index (κ1) is 23.0. The van der Waals surface area contributed by atoms with Crippen molar-refractivity contribution in [3.63, 3.8) is 0 Å². The number of aryl methyl sites for hydroxylation is 1. The lowest BCUT2D eigenvalue weighted by Gasteiger charge is -2.40. The van der Waals surface area contributed by atoms with Crippen molar-refractivity contribution in [3.05, 3.63) is 71.0 Å². The number of rotatable bonds is 3. The van der Waals surface area contributed by atoms with E-state index in [1.54, 1.807) is 12.1 Å². The molecular formula is C28H33FN2O3. The maximum Gasteiger partial charge on any atom is 0.233 e. The number of hydrogen-bond acceptors (Lipinski definition) is 3. The van der Waals surface area contributed by atoms with Crippen LogP contribution < -0.4 is 5.32 Å². The van der Waals surface area contributed by atoms with Crippen LogP contribution in [0.15, 0.2) is 48.5 Å². The molecule has 34 heavy (non-hydrogen) atoms. The molecule has 3 saturated heterocycles. The van der Waals surface area contributed by atoms with E-state index < -0.39 is 11.0 Å². The Labute approximate surface area is 200 Å². The highest BCUT2D eigenvalue weighted by Gasteiger charge is 2.53. The number of nitrogens with one attached hydrogen (secondary N) is 1. The van der Waals surface area contributed by atoms with E-state index in [4.69, 9.17) is 4.74 Å². The molecule has 0 aliphatic carbocycles. The predicted octanol–water partition coefficient (Wildman–Crippen LogP) is 4.24. The smallest absolute Gasteiger partial charge is 0.233 e. The molecule has 3 aliphatic heterocycles. The standard InChI is InChI=1S/C28H33FN2O3/c1-20-6-4-8-22(16-20)27(12-14-34-15-13-27)26(33)31-18-24(21-7-5-9-23(29)17-21)28(19-31)11-3-2-10-25(32)30-28/h4-9,16-17,24H,2-3,10-15,18-19H2,1H3,(H,30,32)/t24-,28+/m0/s1. The van der Waals surface area contributed by atoms with Gasteiger partial charge in [-0.3, -0.25) is 9.59 Å². The molecule has 0 radical (unpaired) electrons. The molecule has 6 heteroatoms. The Balaban J connectivity index is 1.54. The van der Waals surface area contributed by atoms with Gasteiger partial charge in [0.25, 0.3) is 0 Å². The van der Waals surface area contributed by atoms with Gasteiger partial charge in [0.2, 0.25) is 11.8 Å². The number of likely N-dealkylation sites (tertiary alicyclic amines) is 1. The van der Waals surface area contributed by atoms with Crippen molar-refractivity contribution in [2.24, 2.45) is 0 Å². The molecule has 0 unspecified atom stereocenters. The molecule has 1 spiro atoms. The van der Waals surface area contributed by atoms with Crippen molar-refractivity contribution in [1.29, 1.82) is 0 Å². The van der Waals surface area contributed by atoms with Crippen molar-refractivity contribution in [2.75, 3.05) is 26.3 Å². The van der Waals surface area contributed by atoms with E-state index in [2.05, 4.69) is 17.4 Å². The van der Waals surface area contributed by atoms with Crippen LogP contribution in [0.3, 0.4) is 0 Å². The van der Waals surface area contributed by atoms with Crippen molar-refractivity contribution in [1.82, 2.24) is 10.2 Å². The van der Waals surface area contributed by atoms with Crippen molar-refractivity contribution >= 4 is 11.8 Å². The normalized spacial score (nSPS) is 26.8. The predicted molar refractivity (Wildman–Crippen MR) is 128 cm³/mol. The molecule has 2 aromatic carbocycles. The summed E-state index contributed by atoms with van der Waals surface area (Å²) in [6, 6.07) is 14.9. The summed E-state index contributed by atoms with van der Waals surface area (Å²) in [4.78, 5) is 29.0. The summed E-state index contributed by atoms with van der Waals surface area (Å²) in [6.45, 7) is 4.06. The summed E-state index contributed by atoms with van der Waals surface area (Å²) in [7, 11) is 0. The molecule has 5 nitrogen and oxygen atoms in total. The molecule has 3 fully saturated rings. The average Bonchev–Trinajstić information content (AvgIpc) is 3.09. The Morgan fingerprint density at radius 1 is 1.09 bits per heavy atom. The van der Waals surface area contributed by atoms with Gasteiger partial charge in [0.15, 0.2) is 0 Å². The summed E-state index contributed by atoms with van der Waals surface area (Å²) >= 11 is 0. The zero-order valence-corrected chi connectivity index (χ0v) is 19.8.